The van der Waals surface area contributed by atoms with Gasteiger partial charge in [-0.05, 0) is 31.5 Å². The van der Waals surface area contributed by atoms with Crippen LogP contribution in [0.25, 0.3) is 0 Å². The largest absolute Gasteiger partial charge is 0.491 e. The van der Waals surface area contributed by atoms with Gasteiger partial charge < -0.3 is 9.47 Å². The Labute approximate surface area is 118 Å². The summed E-state index contributed by atoms with van der Waals surface area (Å²) in [4.78, 5) is 13.7. The van der Waals surface area contributed by atoms with E-state index in [2.05, 4.69) is 4.90 Å². The Balaban J connectivity index is 1.82. The van der Waals surface area contributed by atoms with Gasteiger partial charge >= 0.3 is 5.97 Å². The van der Waals surface area contributed by atoms with Gasteiger partial charge in [-0.2, -0.15) is 0 Å². The van der Waals surface area contributed by atoms with Crippen LogP contribution in [0.5, 0.6) is 5.75 Å². The Morgan fingerprint density at radius 1 is 1.47 bits per heavy atom. The lowest BCUT2D eigenvalue weighted by Gasteiger charge is -2.22. The van der Waals surface area contributed by atoms with Crippen LogP contribution in [0, 0.1) is 0 Å². The van der Waals surface area contributed by atoms with E-state index >= 15 is 0 Å². The Morgan fingerprint density at radius 3 is 3.00 bits per heavy atom. The SMILES string of the molecule is COC(=O)C1CCCN1CCOc1ccccc1Cl. The molecule has 1 aliphatic heterocycles. The molecule has 1 unspecified atom stereocenters. The summed E-state index contributed by atoms with van der Waals surface area (Å²) in [5.74, 6) is 0.522. The molecule has 0 saturated carbocycles. The van der Waals surface area contributed by atoms with Crippen LogP contribution in [0.2, 0.25) is 5.02 Å². The minimum atomic E-state index is -0.157. The molecule has 1 saturated heterocycles. The fourth-order valence-corrected chi connectivity index (χ4v) is 2.52. The summed E-state index contributed by atoms with van der Waals surface area (Å²) in [6.07, 6.45) is 1.88. The van der Waals surface area contributed by atoms with Crippen LogP contribution in [-0.2, 0) is 9.53 Å². The van der Waals surface area contributed by atoms with Crippen LogP contribution in [0.3, 0.4) is 0 Å². The lowest BCUT2D eigenvalue weighted by atomic mass is 10.2. The minimum Gasteiger partial charge on any atom is -0.491 e. The zero-order chi connectivity index (χ0) is 13.7. The number of benzene rings is 1. The molecule has 0 radical (unpaired) electrons. The highest BCUT2D eigenvalue weighted by molar-refractivity contribution is 6.32. The lowest BCUT2D eigenvalue weighted by Crippen LogP contribution is -2.39. The van der Waals surface area contributed by atoms with Crippen molar-refractivity contribution in [2.75, 3.05) is 26.8 Å². The van der Waals surface area contributed by atoms with Gasteiger partial charge in [-0.25, -0.2) is 0 Å². The number of esters is 1. The van der Waals surface area contributed by atoms with Crippen molar-refractivity contribution in [2.24, 2.45) is 0 Å². The molecule has 0 amide bonds. The van der Waals surface area contributed by atoms with Crippen molar-refractivity contribution in [3.8, 4) is 5.75 Å². The maximum absolute atomic E-state index is 11.6. The Morgan fingerprint density at radius 2 is 2.26 bits per heavy atom. The third-order valence-corrected chi connectivity index (χ3v) is 3.62. The fourth-order valence-electron chi connectivity index (χ4n) is 2.33. The average molecular weight is 284 g/mol. The molecule has 1 fully saturated rings. The number of nitrogens with zero attached hydrogens (tertiary/aromatic N) is 1. The summed E-state index contributed by atoms with van der Waals surface area (Å²) < 4.78 is 10.4. The van der Waals surface area contributed by atoms with Gasteiger partial charge in [0.2, 0.25) is 0 Å². The molecule has 1 aliphatic rings. The second-order valence-corrected chi connectivity index (χ2v) is 4.90. The molecule has 1 atom stereocenters. The number of hydrogen-bond donors (Lipinski definition) is 0. The molecule has 1 aromatic rings. The third-order valence-electron chi connectivity index (χ3n) is 3.31. The second-order valence-electron chi connectivity index (χ2n) is 4.50. The fraction of sp³-hybridized carbons (Fsp3) is 0.500. The number of carbonyl (C=O) groups excluding carboxylic acids is 1. The van der Waals surface area contributed by atoms with E-state index in [1.54, 1.807) is 6.07 Å². The maximum Gasteiger partial charge on any atom is 0.323 e. The first kappa shape index (κ1) is 14.2. The average Bonchev–Trinajstić information content (AvgIpc) is 2.88. The van der Waals surface area contributed by atoms with Gasteiger partial charge in [-0.1, -0.05) is 23.7 Å². The molecule has 0 spiro atoms. The number of hydrogen-bond acceptors (Lipinski definition) is 4. The molecule has 4 nitrogen and oxygen atoms in total. The van der Waals surface area contributed by atoms with Gasteiger partial charge in [0.1, 0.15) is 18.4 Å². The van der Waals surface area contributed by atoms with E-state index in [1.165, 1.54) is 7.11 Å². The number of rotatable bonds is 5. The van der Waals surface area contributed by atoms with Gasteiger partial charge in [0.15, 0.2) is 0 Å². The number of carbonyl (C=O) groups is 1. The predicted octanol–water partition coefficient (Wildman–Crippen LogP) is 2.36. The van der Waals surface area contributed by atoms with E-state index in [4.69, 9.17) is 21.1 Å². The summed E-state index contributed by atoms with van der Waals surface area (Å²) >= 11 is 6.01. The van der Waals surface area contributed by atoms with Gasteiger partial charge in [0, 0.05) is 6.54 Å². The van der Waals surface area contributed by atoms with Crippen molar-refractivity contribution < 1.29 is 14.3 Å². The van der Waals surface area contributed by atoms with Crippen LogP contribution in [-0.4, -0.2) is 43.7 Å². The topological polar surface area (TPSA) is 38.8 Å². The molecule has 104 valence electrons. The van der Waals surface area contributed by atoms with E-state index in [0.717, 1.165) is 19.4 Å². The number of para-hydroxylation sites is 1. The first-order valence-electron chi connectivity index (χ1n) is 6.41. The van der Waals surface area contributed by atoms with Crippen LogP contribution < -0.4 is 4.74 Å². The Bertz CT molecular complexity index is 438. The Hall–Kier alpha value is -1.26. The number of likely N-dealkylation sites (tertiary alicyclic amines) is 1. The molecule has 19 heavy (non-hydrogen) atoms. The van der Waals surface area contributed by atoms with Crippen molar-refractivity contribution in [3.63, 3.8) is 0 Å². The summed E-state index contributed by atoms with van der Waals surface area (Å²) in [5.41, 5.74) is 0. The molecule has 0 N–H and O–H groups in total. The van der Waals surface area contributed by atoms with Crippen molar-refractivity contribution >= 4 is 17.6 Å². The van der Waals surface area contributed by atoms with Crippen molar-refractivity contribution in [3.05, 3.63) is 29.3 Å². The number of halogens is 1. The van der Waals surface area contributed by atoms with E-state index < -0.39 is 0 Å². The maximum atomic E-state index is 11.6. The first-order valence-corrected chi connectivity index (χ1v) is 6.79. The lowest BCUT2D eigenvalue weighted by molar-refractivity contribution is -0.145. The van der Waals surface area contributed by atoms with E-state index in [-0.39, 0.29) is 12.0 Å². The van der Waals surface area contributed by atoms with Crippen LogP contribution in [0.4, 0.5) is 0 Å². The van der Waals surface area contributed by atoms with Crippen molar-refractivity contribution in [2.45, 2.75) is 18.9 Å². The monoisotopic (exact) mass is 283 g/mol. The molecule has 0 bridgehead atoms. The molecule has 5 heteroatoms. The highest BCUT2D eigenvalue weighted by atomic mass is 35.5. The zero-order valence-corrected chi connectivity index (χ0v) is 11.7. The van der Waals surface area contributed by atoms with Gasteiger partial charge in [-0.15, -0.1) is 0 Å². The quantitative estimate of drug-likeness (QED) is 0.778. The van der Waals surface area contributed by atoms with Crippen LogP contribution >= 0.6 is 11.6 Å². The van der Waals surface area contributed by atoms with Gasteiger partial charge in [0.05, 0.1) is 12.1 Å². The first-order chi connectivity index (χ1) is 9.22. The van der Waals surface area contributed by atoms with Crippen molar-refractivity contribution in [1.29, 1.82) is 0 Å². The molecule has 1 heterocycles. The molecule has 1 aromatic carbocycles. The van der Waals surface area contributed by atoms with E-state index in [1.807, 2.05) is 18.2 Å². The number of ether oxygens (including phenoxy) is 2. The normalized spacial score (nSPS) is 19.4. The van der Waals surface area contributed by atoms with Gasteiger partial charge in [-0.3, -0.25) is 9.69 Å². The third kappa shape index (κ3) is 3.61. The minimum absolute atomic E-state index is 0.125. The predicted molar refractivity (Wildman–Crippen MR) is 73.6 cm³/mol. The van der Waals surface area contributed by atoms with Gasteiger partial charge in [0.25, 0.3) is 0 Å². The highest BCUT2D eigenvalue weighted by Crippen LogP contribution is 2.23. The molecule has 2 rings (SSSR count). The summed E-state index contributed by atoms with van der Waals surface area (Å²) in [6, 6.07) is 7.26. The molecular weight excluding hydrogens is 266 g/mol. The van der Waals surface area contributed by atoms with E-state index in [9.17, 15) is 4.79 Å². The summed E-state index contributed by atoms with van der Waals surface area (Å²) in [5, 5.41) is 0.605. The Kier molecular flexibility index (Phi) is 5.05. The zero-order valence-electron chi connectivity index (χ0n) is 11.0. The smallest absolute Gasteiger partial charge is 0.323 e. The highest BCUT2D eigenvalue weighted by Gasteiger charge is 2.31. The summed E-state index contributed by atoms with van der Waals surface area (Å²) in [6.45, 7) is 2.12. The molecule has 0 aliphatic carbocycles. The molecular formula is C14H18ClNO3. The number of methoxy groups -OCH3 is 1. The molecule has 0 aromatic heterocycles. The van der Waals surface area contributed by atoms with Crippen molar-refractivity contribution in [1.82, 2.24) is 4.90 Å². The summed E-state index contributed by atoms with van der Waals surface area (Å²) in [7, 11) is 1.43. The second kappa shape index (κ2) is 6.78. The van der Waals surface area contributed by atoms with E-state index in [0.29, 0.717) is 23.9 Å². The van der Waals surface area contributed by atoms with Crippen LogP contribution in [0.15, 0.2) is 24.3 Å². The van der Waals surface area contributed by atoms with Crippen LogP contribution in [0.1, 0.15) is 12.8 Å². The standard InChI is InChI=1S/C14H18ClNO3/c1-18-14(17)12-6-4-8-16(12)9-10-19-13-7-3-2-5-11(13)15/h2-3,5,7,12H,4,6,8-10H2,1H3.